The van der Waals surface area contributed by atoms with Crippen LogP contribution in [0.5, 0.6) is 0 Å². The summed E-state index contributed by atoms with van der Waals surface area (Å²) in [6.45, 7) is 1.32. The summed E-state index contributed by atoms with van der Waals surface area (Å²) < 4.78 is 5.78. The number of nitro groups is 1. The standard InChI is InChI=1S/C20H18N6O6/c1-12-18(23-24-25(12)15-7-4-8-16(10-15)26(30)31)20(29)22-14-6-3-5-13(9-14)19(28)21-11-17(27)32-2/h3-10H,11H2,1-2H3,(H,21,28)(H,22,29). The zero-order valence-corrected chi connectivity index (χ0v) is 17.1. The van der Waals surface area contributed by atoms with E-state index < -0.39 is 22.7 Å². The molecule has 0 fully saturated rings. The lowest BCUT2D eigenvalue weighted by atomic mass is 10.2. The third-order valence-corrected chi connectivity index (χ3v) is 4.40. The van der Waals surface area contributed by atoms with Gasteiger partial charge in [0.15, 0.2) is 5.69 Å². The number of methoxy groups -OCH3 is 1. The van der Waals surface area contributed by atoms with Crippen LogP contribution >= 0.6 is 0 Å². The van der Waals surface area contributed by atoms with E-state index in [2.05, 4.69) is 25.7 Å². The van der Waals surface area contributed by atoms with Crippen molar-refractivity contribution >= 4 is 29.2 Å². The minimum absolute atomic E-state index is 0.0112. The smallest absolute Gasteiger partial charge is 0.325 e. The highest BCUT2D eigenvalue weighted by Crippen LogP contribution is 2.19. The van der Waals surface area contributed by atoms with Crippen LogP contribution in [0.4, 0.5) is 11.4 Å². The van der Waals surface area contributed by atoms with Crippen LogP contribution in [-0.2, 0) is 9.53 Å². The van der Waals surface area contributed by atoms with Crippen LogP contribution in [0.1, 0.15) is 26.5 Å². The van der Waals surface area contributed by atoms with E-state index in [1.165, 1.54) is 42.1 Å². The molecule has 0 bridgehead atoms. The highest BCUT2D eigenvalue weighted by Gasteiger charge is 2.19. The van der Waals surface area contributed by atoms with Gasteiger partial charge in [0, 0.05) is 23.4 Å². The Labute approximate surface area is 181 Å². The lowest BCUT2D eigenvalue weighted by molar-refractivity contribution is -0.384. The highest BCUT2D eigenvalue weighted by molar-refractivity contribution is 6.04. The number of ether oxygens (including phenoxy) is 1. The summed E-state index contributed by atoms with van der Waals surface area (Å²) in [6, 6.07) is 11.9. The Balaban J connectivity index is 1.76. The number of nitrogens with zero attached hydrogens (tertiary/aromatic N) is 4. The number of aromatic nitrogens is 3. The lowest BCUT2D eigenvalue weighted by Gasteiger charge is -2.08. The highest BCUT2D eigenvalue weighted by atomic mass is 16.6. The Kier molecular flexibility index (Phi) is 6.53. The molecule has 164 valence electrons. The largest absolute Gasteiger partial charge is 0.468 e. The average molecular weight is 438 g/mol. The third kappa shape index (κ3) is 4.92. The summed E-state index contributed by atoms with van der Waals surface area (Å²) in [5.74, 6) is -1.68. The zero-order valence-electron chi connectivity index (χ0n) is 17.1. The first-order valence-corrected chi connectivity index (χ1v) is 9.23. The van der Waals surface area contributed by atoms with E-state index >= 15 is 0 Å². The van der Waals surface area contributed by atoms with Gasteiger partial charge < -0.3 is 15.4 Å². The van der Waals surface area contributed by atoms with Crippen LogP contribution in [0.25, 0.3) is 5.69 Å². The molecule has 0 atom stereocenters. The minimum Gasteiger partial charge on any atom is -0.468 e. The van der Waals surface area contributed by atoms with E-state index in [4.69, 9.17) is 0 Å². The van der Waals surface area contributed by atoms with Gasteiger partial charge in [-0.1, -0.05) is 17.3 Å². The maximum Gasteiger partial charge on any atom is 0.325 e. The number of non-ortho nitro benzene ring substituents is 1. The molecule has 0 saturated heterocycles. The topological polar surface area (TPSA) is 158 Å². The SMILES string of the molecule is COC(=O)CNC(=O)c1cccc(NC(=O)c2nnn(-c3cccc([N+](=O)[O-])c3)c2C)c1. The van der Waals surface area contributed by atoms with Gasteiger partial charge in [-0.2, -0.15) is 0 Å². The molecule has 3 rings (SSSR count). The summed E-state index contributed by atoms with van der Waals surface area (Å²) >= 11 is 0. The molecule has 1 heterocycles. The fraction of sp³-hybridized carbons (Fsp3) is 0.150. The van der Waals surface area contributed by atoms with E-state index in [0.29, 0.717) is 17.1 Å². The molecule has 0 aliphatic heterocycles. The van der Waals surface area contributed by atoms with Gasteiger partial charge in [-0.25, -0.2) is 4.68 Å². The first-order valence-electron chi connectivity index (χ1n) is 9.23. The molecule has 2 N–H and O–H groups in total. The summed E-state index contributed by atoms with van der Waals surface area (Å²) in [7, 11) is 1.21. The van der Waals surface area contributed by atoms with Gasteiger partial charge in [-0.05, 0) is 31.2 Å². The molecule has 0 spiro atoms. The lowest BCUT2D eigenvalue weighted by Crippen LogP contribution is -2.30. The Hall–Kier alpha value is -4.61. The molecule has 0 aliphatic rings. The number of rotatable bonds is 7. The summed E-state index contributed by atoms with van der Waals surface area (Å²) in [5, 5.41) is 23.8. The van der Waals surface area contributed by atoms with Gasteiger partial charge in [-0.15, -0.1) is 5.10 Å². The number of benzene rings is 2. The van der Waals surface area contributed by atoms with Gasteiger partial charge in [0.2, 0.25) is 0 Å². The summed E-state index contributed by atoms with van der Waals surface area (Å²) in [4.78, 5) is 46.5. The Morgan fingerprint density at radius 3 is 2.59 bits per heavy atom. The van der Waals surface area contributed by atoms with Gasteiger partial charge in [0.1, 0.15) is 6.54 Å². The number of nitrogens with one attached hydrogen (secondary N) is 2. The maximum atomic E-state index is 12.7. The van der Waals surface area contributed by atoms with Crippen molar-refractivity contribution in [2.24, 2.45) is 0 Å². The maximum absolute atomic E-state index is 12.7. The molecule has 0 radical (unpaired) electrons. The number of anilines is 1. The van der Waals surface area contributed by atoms with E-state index in [1.54, 1.807) is 25.1 Å². The quantitative estimate of drug-likeness (QED) is 0.320. The Bertz CT molecular complexity index is 1200. The Morgan fingerprint density at radius 2 is 1.88 bits per heavy atom. The van der Waals surface area contributed by atoms with Crippen molar-refractivity contribution in [3.05, 3.63) is 75.6 Å². The van der Waals surface area contributed by atoms with Gasteiger partial charge >= 0.3 is 5.97 Å². The molecular formula is C20H18N6O6. The second kappa shape index (κ2) is 9.47. The monoisotopic (exact) mass is 438 g/mol. The van der Waals surface area contributed by atoms with Crippen LogP contribution in [0.3, 0.4) is 0 Å². The normalized spacial score (nSPS) is 10.3. The van der Waals surface area contributed by atoms with Gasteiger partial charge in [0.25, 0.3) is 17.5 Å². The van der Waals surface area contributed by atoms with Crippen molar-refractivity contribution in [2.45, 2.75) is 6.92 Å². The zero-order chi connectivity index (χ0) is 23.3. The Morgan fingerprint density at radius 1 is 1.12 bits per heavy atom. The van der Waals surface area contributed by atoms with Gasteiger partial charge in [0.05, 0.1) is 23.4 Å². The molecule has 3 aromatic rings. The third-order valence-electron chi connectivity index (χ3n) is 4.40. The second-order valence-corrected chi connectivity index (χ2v) is 6.51. The number of carbonyl (C=O) groups is 3. The first kappa shape index (κ1) is 22.1. The molecule has 0 aliphatic carbocycles. The van der Waals surface area contributed by atoms with Crippen molar-refractivity contribution in [3.63, 3.8) is 0 Å². The molecule has 2 amide bonds. The van der Waals surface area contributed by atoms with Crippen molar-refractivity contribution in [2.75, 3.05) is 19.0 Å². The van der Waals surface area contributed by atoms with Crippen LogP contribution in [0.2, 0.25) is 0 Å². The molecule has 12 nitrogen and oxygen atoms in total. The van der Waals surface area contributed by atoms with Crippen molar-refractivity contribution in [1.29, 1.82) is 0 Å². The predicted molar refractivity (Wildman–Crippen MR) is 111 cm³/mol. The molecule has 2 aromatic carbocycles. The van der Waals surface area contributed by atoms with Crippen molar-refractivity contribution in [1.82, 2.24) is 20.3 Å². The number of nitro benzene ring substituents is 1. The number of hydrogen-bond donors (Lipinski definition) is 2. The molecular weight excluding hydrogens is 420 g/mol. The van der Waals surface area contributed by atoms with Crippen LogP contribution in [0, 0.1) is 17.0 Å². The molecule has 0 saturated carbocycles. The second-order valence-electron chi connectivity index (χ2n) is 6.51. The fourth-order valence-corrected chi connectivity index (χ4v) is 2.78. The fourth-order valence-electron chi connectivity index (χ4n) is 2.78. The molecule has 12 heteroatoms. The van der Waals surface area contributed by atoms with Gasteiger partial charge in [-0.3, -0.25) is 24.5 Å². The van der Waals surface area contributed by atoms with E-state index in [-0.39, 0.29) is 23.5 Å². The number of esters is 1. The van der Waals surface area contributed by atoms with E-state index in [1.807, 2.05) is 0 Å². The van der Waals surface area contributed by atoms with Crippen LogP contribution in [-0.4, -0.2) is 51.4 Å². The molecule has 32 heavy (non-hydrogen) atoms. The minimum atomic E-state index is -0.592. The van der Waals surface area contributed by atoms with Crippen molar-refractivity contribution < 1.29 is 24.0 Å². The summed E-state index contributed by atoms with van der Waals surface area (Å²) in [5.41, 5.74) is 1.19. The molecule has 1 aromatic heterocycles. The van der Waals surface area contributed by atoms with Crippen LogP contribution < -0.4 is 10.6 Å². The average Bonchev–Trinajstić information content (AvgIpc) is 3.18. The number of hydrogen-bond acceptors (Lipinski definition) is 8. The number of amides is 2. The first-order chi connectivity index (χ1) is 15.3. The van der Waals surface area contributed by atoms with E-state index in [9.17, 15) is 24.5 Å². The predicted octanol–water partition coefficient (Wildman–Crippen LogP) is 1.64. The number of carbonyl (C=O) groups excluding carboxylic acids is 3. The molecule has 0 unspecified atom stereocenters. The van der Waals surface area contributed by atoms with E-state index in [0.717, 1.165) is 0 Å². The van der Waals surface area contributed by atoms with Crippen LogP contribution in [0.15, 0.2) is 48.5 Å². The van der Waals surface area contributed by atoms with Crippen molar-refractivity contribution in [3.8, 4) is 5.69 Å². The summed E-state index contributed by atoms with van der Waals surface area (Å²) in [6.07, 6.45) is 0.